The summed E-state index contributed by atoms with van der Waals surface area (Å²) in [6.07, 6.45) is 3.02. The molecule has 8 nitrogen and oxygen atoms in total. The maximum absolute atomic E-state index is 13.3. The molecule has 1 fully saturated rings. The molecule has 0 aliphatic carbocycles. The van der Waals surface area contributed by atoms with Gasteiger partial charge in [0.1, 0.15) is 11.4 Å². The van der Waals surface area contributed by atoms with Crippen molar-refractivity contribution in [1.29, 1.82) is 0 Å². The highest BCUT2D eigenvalue weighted by Gasteiger charge is 2.32. The van der Waals surface area contributed by atoms with Crippen LogP contribution in [0.1, 0.15) is 37.1 Å². The second-order valence-corrected chi connectivity index (χ2v) is 9.60. The number of hydrogen-bond acceptors (Lipinski definition) is 6. The first-order valence-electron chi connectivity index (χ1n) is 10.1. The monoisotopic (exact) mass is 422 g/mol. The van der Waals surface area contributed by atoms with E-state index in [1.54, 1.807) is 4.57 Å². The molecule has 0 bridgehead atoms. The van der Waals surface area contributed by atoms with Gasteiger partial charge in [-0.2, -0.15) is 0 Å². The van der Waals surface area contributed by atoms with Crippen molar-refractivity contribution in [3.8, 4) is 0 Å². The van der Waals surface area contributed by atoms with Crippen LogP contribution in [0.15, 0.2) is 9.59 Å². The van der Waals surface area contributed by atoms with Crippen molar-refractivity contribution in [1.82, 2.24) is 9.13 Å². The molecule has 0 saturated carbocycles. The molecular weight excluding hydrogens is 394 g/mol. The third kappa shape index (κ3) is 3.78. The lowest BCUT2D eigenvalue weighted by atomic mass is 9.94. The van der Waals surface area contributed by atoms with Gasteiger partial charge in [-0.15, -0.1) is 11.3 Å². The quantitative estimate of drug-likeness (QED) is 0.682. The summed E-state index contributed by atoms with van der Waals surface area (Å²) in [5.74, 6) is -0.604. The molecule has 0 radical (unpaired) electrons. The van der Waals surface area contributed by atoms with Gasteiger partial charge in [0, 0.05) is 24.1 Å². The summed E-state index contributed by atoms with van der Waals surface area (Å²) in [6, 6.07) is 0. The van der Waals surface area contributed by atoms with Gasteiger partial charge >= 0.3 is 11.7 Å². The minimum absolute atomic E-state index is 0.370. The molecule has 0 amide bonds. The van der Waals surface area contributed by atoms with Crippen LogP contribution in [-0.2, 0) is 40.4 Å². The van der Waals surface area contributed by atoms with Crippen molar-refractivity contribution in [3.05, 3.63) is 31.3 Å². The third-order valence-electron chi connectivity index (χ3n) is 5.95. The van der Waals surface area contributed by atoms with Gasteiger partial charge < -0.3 is 14.4 Å². The van der Waals surface area contributed by atoms with E-state index in [0.29, 0.717) is 29.8 Å². The number of quaternary nitrogens is 1. The number of carbonyl (C=O) groups excluding carboxylic acids is 1. The van der Waals surface area contributed by atoms with Crippen LogP contribution in [0.4, 0.5) is 0 Å². The molecule has 0 unspecified atom stereocenters. The molecule has 0 atom stereocenters. The molecular formula is C20H28N3O5S+. The first-order chi connectivity index (χ1) is 13.8. The Kier molecular flexibility index (Phi) is 5.39. The molecule has 2 aliphatic heterocycles. The van der Waals surface area contributed by atoms with Crippen molar-refractivity contribution in [2.75, 3.05) is 26.7 Å². The number of nitrogens with zero attached hydrogens (tertiary/aromatic N) is 2. The predicted octanol–water partition coefficient (Wildman–Crippen LogP) is -0.0723. The Labute approximate surface area is 172 Å². The molecule has 0 spiro atoms. The SMILES string of the molecule is COC(=O)Cn1c(=O)c2c3c(sc2n(CC[NH+]2CCCC2)c1=O)COC(C)(C)C3. The molecule has 158 valence electrons. The molecule has 2 aliphatic rings. The molecule has 4 rings (SSSR count). The first-order valence-corrected chi connectivity index (χ1v) is 10.9. The van der Waals surface area contributed by atoms with Crippen LogP contribution in [0.5, 0.6) is 0 Å². The fraction of sp³-hybridized carbons (Fsp3) is 0.650. The fourth-order valence-electron chi connectivity index (χ4n) is 4.33. The summed E-state index contributed by atoms with van der Waals surface area (Å²) in [4.78, 5) is 41.5. The van der Waals surface area contributed by atoms with E-state index < -0.39 is 17.2 Å². The van der Waals surface area contributed by atoms with E-state index in [2.05, 4.69) is 0 Å². The Morgan fingerprint density at radius 2 is 1.97 bits per heavy atom. The Hall–Kier alpha value is -1.97. The summed E-state index contributed by atoms with van der Waals surface area (Å²) in [5.41, 5.74) is -0.269. The van der Waals surface area contributed by atoms with Gasteiger partial charge in [0.25, 0.3) is 5.56 Å². The molecule has 0 aromatic carbocycles. The van der Waals surface area contributed by atoms with E-state index >= 15 is 0 Å². The average Bonchev–Trinajstić information content (AvgIpc) is 3.31. The van der Waals surface area contributed by atoms with Crippen LogP contribution >= 0.6 is 11.3 Å². The van der Waals surface area contributed by atoms with Gasteiger partial charge in [-0.1, -0.05) is 0 Å². The maximum atomic E-state index is 13.3. The Bertz CT molecular complexity index is 1060. The lowest BCUT2D eigenvalue weighted by molar-refractivity contribution is -0.888. The van der Waals surface area contributed by atoms with Gasteiger partial charge in [0.15, 0.2) is 0 Å². The highest BCUT2D eigenvalue weighted by Crippen LogP contribution is 2.37. The number of esters is 1. The second-order valence-electron chi connectivity index (χ2n) is 8.52. The number of nitrogens with one attached hydrogen (secondary N) is 1. The van der Waals surface area contributed by atoms with Crippen LogP contribution in [0.25, 0.3) is 10.2 Å². The molecule has 1 saturated heterocycles. The molecule has 9 heteroatoms. The van der Waals surface area contributed by atoms with E-state index in [4.69, 9.17) is 9.47 Å². The number of rotatable bonds is 5. The number of methoxy groups -OCH3 is 1. The van der Waals surface area contributed by atoms with Crippen molar-refractivity contribution in [2.24, 2.45) is 0 Å². The molecule has 29 heavy (non-hydrogen) atoms. The standard InChI is InChI=1S/C20H27N3O5S/c1-20(2)10-13-14(12-28-20)29-18-16(13)17(25)23(11-15(24)27-3)19(26)22(18)9-8-21-6-4-5-7-21/h4-12H2,1-3H3/p+1. The Morgan fingerprint density at radius 3 is 2.66 bits per heavy atom. The van der Waals surface area contributed by atoms with Crippen LogP contribution < -0.4 is 16.1 Å². The van der Waals surface area contributed by atoms with E-state index in [-0.39, 0.29) is 12.1 Å². The number of aromatic nitrogens is 2. The van der Waals surface area contributed by atoms with Gasteiger partial charge in [0.2, 0.25) is 0 Å². The summed E-state index contributed by atoms with van der Waals surface area (Å²) in [6.45, 7) is 7.64. The summed E-state index contributed by atoms with van der Waals surface area (Å²) >= 11 is 1.47. The van der Waals surface area contributed by atoms with Crippen molar-refractivity contribution in [3.63, 3.8) is 0 Å². The highest BCUT2D eigenvalue weighted by molar-refractivity contribution is 7.18. The number of carbonyl (C=O) groups is 1. The van der Waals surface area contributed by atoms with E-state index in [9.17, 15) is 14.4 Å². The van der Waals surface area contributed by atoms with Crippen LogP contribution in [0.2, 0.25) is 0 Å². The summed E-state index contributed by atoms with van der Waals surface area (Å²) < 4.78 is 13.3. The number of hydrogen-bond donors (Lipinski definition) is 1. The lowest BCUT2D eigenvalue weighted by Crippen LogP contribution is -3.10. The first kappa shape index (κ1) is 20.3. The normalized spacial score (nSPS) is 18.9. The largest absolute Gasteiger partial charge is 0.468 e. The number of ether oxygens (including phenoxy) is 2. The van der Waals surface area contributed by atoms with Gasteiger partial charge in [-0.3, -0.25) is 14.2 Å². The van der Waals surface area contributed by atoms with E-state index in [0.717, 1.165) is 34.6 Å². The molecule has 2 aromatic heterocycles. The minimum atomic E-state index is -0.604. The van der Waals surface area contributed by atoms with Crippen molar-refractivity contribution in [2.45, 2.75) is 58.4 Å². The average molecular weight is 423 g/mol. The highest BCUT2D eigenvalue weighted by atomic mass is 32.1. The van der Waals surface area contributed by atoms with Crippen LogP contribution in [0.3, 0.4) is 0 Å². The smallest absolute Gasteiger partial charge is 0.332 e. The Balaban J connectivity index is 1.87. The second kappa shape index (κ2) is 7.70. The number of thiophene rings is 1. The summed E-state index contributed by atoms with van der Waals surface area (Å²) in [7, 11) is 1.26. The molecule has 2 aromatic rings. The lowest BCUT2D eigenvalue weighted by Gasteiger charge is -2.29. The maximum Gasteiger partial charge on any atom is 0.332 e. The molecule has 1 N–H and O–H groups in total. The minimum Gasteiger partial charge on any atom is -0.468 e. The zero-order valence-electron chi connectivity index (χ0n) is 17.2. The molecule has 4 heterocycles. The van der Waals surface area contributed by atoms with E-state index in [1.165, 1.54) is 36.2 Å². The zero-order valence-corrected chi connectivity index (χ0v) is 18.0. The van der Waals surface area contributed by atoms with E-state index in [1.807, 2.05) is 13.8 Å². The Morgan fingerprint density at radius 1 is 1.24 bits per heavy atom. The van der Waals surface area contributed by atoms with Gasteiger partial charge in [0.05, 0.1) is 50.9 Å². The fourth-order valence-corrected chi connectivity index (χ4v) is 5.57. The van der Waals surface area contributed by atoms with Crippen molar-refractivity contribution >= 4 is 27.5 Å². The predicted molar refractivity (Wildman–Crippen MR) is 110 cm³/mol. The van der Waals surface area contributed by atoms with Crippen molar-refractivity contribution < 1.29 is 19.2 Å². The van der Waals surface area contributed by atoms with Gasteiger partial charge in [-0.05, 0) is 19.4 Å². The zero-order chi connectivity index (χ0) is 20.8. The third-order valence-corrected chi connectivity index (χ3v) is 7.18. The van der Waals surface area contributed by atoms with Gasteiger partial charge in [-0.25, -0.2) is 9.36 Å². The van der Waals surface area contributed by atoms with Crippen LogP contribution in [-0.4, -0.2) is 47.4 Å². The topological polar surface area (TPSA) is 84.0 Å². The number of fused-ring (bicyclic) bond motifs is 3. The number of likely N-dealkylation sites (tertiary alicyclic amines) is 1. The van der Waals surface area contributed by atoms with Crippen LogP contribution in [0, 0.1) is 0 Å². The summed E-state index contributed by atoms with van der Waals surface area (Å²) in [5, 5.41) is 0.557.